The third kappa shape index (κ3) is 5.50. The molecule has 0 aliphatic carbocycles. The largest absolute Gasteiger partial charge is 0.504 e. The van der Waals surface area contributed by atoms with Crippen LogP contribution in [0.5, 0.6) is 17.2 Å². The van der Waals surface area contributed by atoms with Crippen LogP contribution in [0.2, 0.25) is 5.02 Å². The van der Waals surface area contributed by atoms with E-state index in [9.17, 15) is 9.90 Å². The molecule has 0 aromatic heterocycles. The van der Waals surface area contributed by atoms with Gasteiger partial charge < -0.3 is 14.6 Å². The maximum absolute atomic E-state index is 11.8. The second-order valence-electron chi connectivity index (χ2n) is 5.05. The molecule has 132 valence electrons. The standard InChI is InChI=1S/C17H16ClIN2O4/c1-10-5-12(3-4-13(10)18)25-9-16(22)21-20-8-11-6-14(19)17(23)15(7-11)24-2/h3-8,23H,9H2,1-2H3,(H,21,22). The molecule has 0 fully saturated rings. The van der Waals surface area contributed by atoms with Crippen LogP contribution in [-0.4, -0.2) is 30.9 Å². The van der Waals surface area contributed by atoms with Crippen molar-refractivity contribution in [2.24, 2.45) is 5.10 Å². The average molecular weight is 475 g/mol. The summed E-state index contributed by atoms with van der Waals surface area (Å²) in [6.45, 7) is 1.68. The van der Waals surface area contributed by atoms with E-state index in [-0.39, 0.29) is 12.4 Å². The SMILES string of the molecule is COc1cc(C=NNC(=O)COc2ccc(Cl)c(C)c2)cc(I)c1O. The maximum Gasteiger partial charge on any atom is 0.277 e. The lowest BCUT2D eigenvalue weighted by molar-refractivity contribution is -0.123. The summed E-state index contributed by atoms with van der Waals surface area (Å²) in [4.78, 5) is 11.8. The fourth-order valence-corrected chi connectivity index (χ4v) is 2.63. The summed E-state index contributed by atoms with van der Waals surface area (Å²) < 4.78 is 11.1. The number of nitrogens with one attached hydrogen (secondary N) is 1. The Morgan fingerprint density at radius 3 is 2.84 bits per heavy atom. The molecule has 0 radical (unpaired) electrons. The lowest BCUT2D eigenvalue weighted by atomic mass is 10.2. The molecular weight excluding hydrogens is 459 g/mol. The molecule has 0 saturated heterocycles. The van der Waals surface area contributed by atoms with Crippen molar-refractivity contribution >= 4 is 46.3 Å². The van der Waals surface area contributed by atoms with Crippen molar-refractivity contribution in [3.63, 3.8) is 0 Å². The average Bonchev–Trinajstić information content (AvgIpc) is 2.59. The molecule has 2 aromatic rings. The van der Waals surface area contributed by atoms with Gasteiger partial charge >= 0.3 is 0 Å². The number of ether oxygens (including phenoxy) is 2. The summed E-state index contributed by atoms with van der Waals surface area (Å²) in [6, 6.07) is 8.48. The van der Waals surface area contributed by atoms with E-state index in [1.165, 1.54) is 13.3 Å². The number of phenolic OH excluding ortho intramolecular Hbond substituents is 1. The number of halogens is 2. The van der Waals surface area contributed by atoms with Gasteiger partial charge in [-0.1, -0.05) is 11.6 Å². The van der Waals surface area contributed by atoms with E-state index >= 15 is 0 Å². The third-order valence-electron chi connectivity index (χ3n) is 3.17. The third-order valence-corrected chi connectivity index (χ3v) is 4.42. The zero-order chi connectivity index (χ0) is 18.4. The van der Waals surface area contributed by atoms with Crippen LogP contribution in [0.4, 0.5) is 0 Å². The Morgan fingerprint density at radius 2 is 2.16 bits per heavy atom. The van der Waals surface area contributed by atoms with Crippen LogP contribution in [0, 0.1) is 10.5 Å². The first-order valence-corrected chi connectivity index (χ1v) is 8.63. The monoisotopic (exact) mass is 474 g/mol. The zero-order valence-electron chi connectivity index (χ0n) is 13.5. The molecule has 2 aromatic carbocycles. The second-order valence-corrected chi connectivity index (χ2v) is 6.62. The number of phenols is 1. The van der Waals surface area contributed by atoms with E-state index < -0.39 is 5.91 Å². The summed E-state index contributed by atoms with van der Waals surface area (Å²) >= 11 is 7.91. The van der Waals surface area contributed by atoms with Crippen molar-refractivity contribution in [3.05, 3.63) is 50.1 Å². The van der Waals surface area contributed by atoms with Crippen LogP contribution in [0.25, 0.3) is 0 Å². The minimum Gasteiger partial charge on any atom is -0.504 e. The zero-order valence-corrected chi connectivity index (χ0v) is 16.5. The molecule has 8 heteroatoms. The van der Waals surface area contributed by atoms with Gasteiger partial charge in [0.25, 0.3) is 5.91 Å². The number of nitrogens with zero attached hydrogens (tertiary/aromatic N) is 1. The fraction of sp³-hybridized carbons (Fsp3) is 0.176. The smallest absolute Gasteiger partial charge is 0.277 e. The predicted octanol–water partition coefficient (Wildman–Crippen LogP) is 3.50. The van der Waals surface area contributed by atoms with Crippen LogP contribution in [-0.2, 0) is 4.79 Å². The molecule has 0 bridgehead atoms. The van der Waals surface area contributed by atoms with Crippen LogP contribution in [0.1, 0.15) is 11.1 Å². The number of hydrogen-bond acceptors (Lipinski definition) is 5. The molecule has 0 saturated carbocycles. The van der Waals surface area contributed by atoms with Gasteiger partial charge in [-0.05, 0) is 71.0 Å². The van der Waals surface area contributed by atoms with Crippen molar-refractivity contribution in [3.8, 4) is 17.2 Å². The molecule has 0 unspecified atom stereocenters. The first kappa shape index (κ1) is 19.3. The predicted molar refractivity (Wildman–Crippen MR) is 105 cm³/mol. The van der Waals surface area contributed by atoms with Gasteiger partial charge in [-0.2, -0.15) is 5.10 Å². The van der Waals surface area contributed by atoms with Gasteiger partial charge in [0.15, 0.2) is 18.1 Å². The van der Waals surface area contributed by atoms with Gasteiger partial charge in [0.05, 0.1) is 16.9 Å². The van der Waals surface area contributed by atoms with Gasteiger partial charge in [-0.25, -0.2) is 5.43 Å². The topological polar surface area (TPSA) is 80.2 Å². The van der Waals surface area contributed by atoms with E-state index in [0.29, 0.717) is 25.7 Å². The van der Waals surface area contributed by atoms with E-state index in [0.717, 1.165) is 5.56 Å². The summed E-state index contributed by atoms with van der Waals surface area (Å²) in [6.07, 6.45) is 1.45. The molecule has 6 nitrogen and oxygen atoms in total. The van der Waals surface area contributed by atoms with Gasteiger partial charge in [-0.15, -0.1) is 0 Å². The molecule has 0 spiro atoms. The molecule has 1 amide bonds. The molecular formula is C17H16ClIN2O4. The van der Waals surface area contributed by atoms with Crippen LogP contribution in [0.15, 0.2) is 35.4 Å². The maximum atomic E-state index is 11.8. The van der Waals surface area contributed by atoms with Crippen LogP contribution >= 0.6 is 34.2 Å². The number of carbonyl (C=O) groups is 1. The lowest BCUT2D eigenvalue weighted by Crippen LogP contribution is -2.24. The van der Waals surface area contributed by atoms with Crippen molar-refractivity contribution in [2.75, 3.05) is 13.7 Å². The number of rotatable bonds is 6. The Kier molecular flexibility index (Phi) is 6.89. The van der Waals surface area contributed by atoms with Crippen molar-refractivity contribution in [1.82, 2.24) is 5.43 Å². The number of aryl methyl sites for hydroxylation is 1. The van der Waals surface area contributed by atoms with E-state index in [2.05, 4.69) is 10.5 Å². The van der Waals surface area contributed by atoms with Crippen molar-refractivity contribution in [2.45, 2.75) is 6.92 Å². The van der Waals surface area contributed by atoms with Gasteiger partial charge in [-0.3, -0.25) is 4.79 Å². The summed E-state index contributed by atoms with van der Waals surface area (Å²) in [5, 5.41) is 14.3. The number of amides is 1. The van der Waals surface area contributed by atoms with Gasteiger partial charge in [0.2, 0.25) is 0 Å². The van der Waals surface area contributed by atoms with Crippen molar-refractivity contribution < 1.29 is 19.4 Å². The number of benzene rings is 2. The Bertz CT molecular complexity index is 811. The Labute approximate surface area is 163 Å². The minimum atomic E-state index is -0.399. The Morgan fingerprint density at radius 1 is 1.40 bits per heavy atom. The Balaban J connectivity index is 1.90. The highest BCUT2D eigenvalue weighted by molar-refractivity contribution is 14.1. The number of hydrazone groups is 1. The van der Waals surface area contributed by atoms with Crippen LogP contribution < -0.4 is 14.9 Å². The molecule has 0 atom stereocenters. The lowest BCUT2D eigenvalue weighted by Gasteiger charge is -2.07. The fourth-order valence-electron chi connectivity index (χ4n) is 1.89. The molecule has 2 N–H and O–H groups in total. The normalized spacial score (nSPS) is 10.7. The molecule has 2 rings (SSSR count). The summed E-state index contributed by atoms with van der Waals surface area (Å²) in [5.41, 5.74) is 3.92. The number of methoxy groups -OCH3 is 1. The van der Waals surface area contributed by atoms with E-state index in [4.69, 9.17) is 21.1 Å². The van der Waals surface area contributed by atoms with E-state index in [1.54, 1.807) is 30.3 Å². The van der Waals surface area contributed by atoms with Gasteiger partial charge in [0, 0.05) is 5.02 Å². The number of aromatic hydroxyl groups is 1. The van der Waals surface area contributed by atoms with Gasteiger partial charge in [0.1, 0.15) is 5.75 Å². The molecule has 0 heterocycles. The molecule has 0 aliphatic heterocycles. The first-order valence-electron chi connectivity index (χ1n) is 7.18. The highest BCUT2D eigenvalue weighted by atomic mass is 127. The molecule has 25 heavy (non-hydrogen) atoms. The molecule has 0 aliphatic rings. The first-order chi connectivity index (χ1) is 11.9. The number of carbonyl (C=O) groups excluding carboxylic acids is 1. The van der Waals surface area contributed by atoms with Crippen molar-refractivity contribution in [1.29, 1.82) is 0 Å². The minimum absolute atomic E-state index is 0.0657. The second kappa shape index (κ2) is 8.91. The number of hydrogen-bond donors (Lipinski definition) is 2. The Hall–Kier alpha value is -2.00. The highest BCUT2D eigenvalue weighted by Crippen LogP contribution is 2.31. The summed E-state index contributed by atoms with van der Waals surface area (Å²) in [7, 11) is 1.46. The quantitative estimate of drug-likeness (QED) is 0.382. The van der Waals surface area contributed by atoms with Crippen LogP contribution in [0.3, 0.4) is 0 Å². The summed E-state index contributed by atoms with van der Waals surface area (Å²) in [5.74, 6) is 0.556. The highest BCUT2D eigenvalue weighted by Gasteiger charge is 2.08. The van der Waals surface area contributed by atoms with E-state index in [1.807, 2.05) is 29.5 Å².